The lowest BCUT2D eigenvalue weighted by Crippen LogP contribution is -2.49. The number of carbonyl (C=O) groups excluding carboxylic acids is 1. The molecule has 1 saturated carbocycles. The average Bonchev–Trinajstić information content (AvgIpc) is 3.30. The Bertz CT molecular complexity index is 504. The van der Waals surface area contributed by atoms with Gasteiger partial charge in [0.15, 0.2) is 0 Å². The Morgan fingerprint density at radius 2 is 2.10 bits per heavy atom. The predicted octanol–water partition coefficient (Wildman–Crippen LogP) is 2.15. The molecule has 1 aliphatic carbocycles. The van der Waals surface area contributed by atoms with Crippen molar-refractivity contribution in [3.05, 3.63) is 35.9 Å². The summed E-state index contributed by atoms with van der Waals surface area (Å²) in [6.45, 7) is 4.05. The van der Waals surface area contributed by atoms with E-state index in [1.165, 1.54) is 0 Å². The average molecular weight is 271 g/mol. The van der Waals surface area contributed by atoms with Gasteiger partial charge in [-0.1, -0.05) is 30.3 Å². The lowest BCUT2D eigenvalue weighted by molar-refractivity contribution is -0.121. The van der Waals surface area contributed by atoms with Gasteiger partial charge in [-0.15, -0.1) is 0 Å². The summed E-state index contributed by atoms with van der Waals surface area (Å²) in [5.41, 5.74) is 0.430. The molecule has 1 aliphatic rings. The number of hydrogen-bond acceptors (Lipinski definition) is 3. The van der Waals surface area contributed by atoms with Gasteiger partial charge in [0.05, 0.1) is 12.6 Å². The highest BCUT2D eigenvalue weighted by Crippen LogP contribution is 2.39. The SMILES string of the molecule is C[C@H](NCC(=O)N[C@](C)(C#N)C1CC1)c1ccccc1. The first-order valence-corrected chi connectivity index (χ1v) is 7.06. The van der Waals surface area contributed by atoms with Crippen LogP contribution in [0.1, 0.15) is 38.3 Å². The van der Waals surface area contributed by atoms with Crippen LogP contribution in [0.15, 0.2) is 30.3 Å². The summed E-state index contributed by atoms with van der Waals surface area (Å²) in [7, 11) is 0. The lowest BCUT2D eigenvalue weighted by Gasteiger charge is -2.23. The number of nitriles is 1. The van der Waals surface area contributed by atoms with Gasteiger partial charge in [-0.3, -0.25) is 4.79 Å². The standard InChI is InChI=1S/C16H21N3O/c1-12(13-6-4-3-5-7-13)18-10-15(20)19-16(2,11-17)14-8-9-14/h3-7,12,14,18H,8-10H2,1-2H3,(H,19,20)/t12-,16+/m0/s1. The molecule has 1 aromatic carbocycles. The molecule has 1 fully saturated rings. The van der Waals surface area contributed by atoms with Crippen molar-refractivity contribution in [2.75, 3.05) is 6.54 Å². The summed E-state index contributed by atoms with van der Waals surface area (Å²) in [4.78, 5) is 12.0. The number of benzene rings is 1. The molecule has 4 nitrogen and oxygen atoms in total. The molecule has 0 unspecified atom stereocenters. The molecule has 20 heavy (non-hydrogen) atoms. The first-order chi connectivity index (χ1) is 9.55. The highest BCUT2D eigenvalue weighted by Gasteiger charge is 2.42. The Kier molecular flexibility index (Phi) is 4.41. The number of nitrogens with zero attached hydrogens (tertiary/aromatic N) is 1. The van der Waals surface area contributed by atoms with Gasteiger partial charge in [0.25, 0.3) is 0 Å². The van der Waals surface area contributed by atoms with Crippen LogP contribution in [-0.4, -0.2) is 18.0 Å². The number of amides is 1. The van der Waals surface area contributed by atoms with E-state index in [2.05, 4.69) is 16.7 Å². The van der Waals surface area contributed by atoms with Crippen molar-refractivity contribution in [1.82, 2.24) is 10.6 Å². The van der Waals surface area contributed by atoms with E-state index in [0.717, 1.165) is 18.4 Å². The van der Waals surface area contributed by atoms with E-state index in [0.29, 0.717) is 5.92 Å². The second-order valence-electron chi connectivity index (χ2n) is 5.65. The van der Waals surface area contributed by atoms with Crippen LogP contribution in [0.3, 0.4) is 0 Å². The summed E-state index contributed by atoms with van der Waals surface area (Å²) in [6.07, 6.45) is 2.05. The third kappa shape index (κ3) is 3.58. The molecule has 1 aromatic rings. The fourth-order valence-corrected chi connectivity index (χ4v) is 2.32. The van der Waals surface area contributed by atoms with Crippen LogP contribution >= 0.6 is 0 Å². The fourth-order valence-electron chi connectivity index (χ4n) is 2.32. The zero-order valence-corrected chi connectivity index (χ0v) is 12.0. The molecule has 4 heteroatoms. The van der Waals surface area contributed by atoms with Crippen LogP contribution in [0.2, 0.25) is 0 Å². The molecule has 0 saturated heterocycles. The van der Waals surface area contributed by atoms with Gasteiger partial charge in [-0.2, -0.15) is 5.26 Å². The molecular weight excluding hydrogens is 250 g/mol. The van der Waals surface area contributed by atoms with Gasteiger partial charge in [-0.25, -0.2) is 0 Å². The summed E-state index contributed by atoms with van der Waals surface area (Å²) in [5, 5.41) is 15.2. The van der Waals surface area contributed by atoms with Crippen molar-refractivity contribution < 1.29 is 4.79 Å². The van der Waals surface area contributed by atoms with Crippen LogP contribution in [0.4, 0.5) is 0 Å². The normalized spacial score (nSPS) is 18.6. The van der Waals surface area contributed by atoms with E-state index in [1.54, 1.807) is 0 Å². The highest BCUT2D eigenvalue weighted by molar-refractivity contribution is 5.79. The maximum absolute atomic E-state index is 12.0. The minimum atomic E-state index is -0.714. The number of hydrogen-bond donors (Lipinski definition) is 2. The molecule has 2 N–H and O–H groups in total. The Morgan fingerprint density at radius 3 is 2.65 bits per heavy atom. The molecule has 0 radical (unpaired) electrons. The molecule has 2 rings (SSSR count). The quantitative estimate of drug-likeness (QED) is 0.833. The molecule has 2 atom stereocenters. The monoisotopic (exact) mass is 271 g/mol. The summed E-state index contributed by atoms with van der Waals surface area (Å²) in [5.74, 6) is 0.187. The molecule has 106 valence electrons. The van der Waals surface area contributed by atoms with Crippen molar-refractivity contribution in [2.45, 2.75) is 38.3 Å². The van der Waals surface area contributed by atoms with E-state index in [1.807, 2.05) is 44.2 Å². The van der Waals surface area contributed by atoms with Crippen LogP contribution in [0.5, 0.6) is 0 Å². The minimum absolute atomic E-state index is 0.108. The summed E-state index contributed by atoms with van der Waals surface area (Å²) >= 11 is 0. The van der Waals surface area contributed by atoms with Crippen LogP contribution < -0.4 is 10.6 Å². The van der Waals surface area contributed by atoms with Crippen LogP contribution in [0, 0.1) is 17.2 Å². The zero-order valence-electron chi connectivity index (χ0n) is 12.0. The number of carbonyl (C=O) groups is 1. The topological polar surface area (TPSA) is 64.9 Å². The molecular formula is C16H21N3O. The smallest absolute Gasteiger partial charge is 0.235 e. The minimum Gasteiger partial charge on any atom is -0.337 e. The maximum atomic E-state index is 12.0. The van der Waals surface area contributed by atoms with Crippen LogP contribution in [-0.2, 0) is 4.79 Å². The summed E-state index contributed by atoms with van der Waals surface area (Å²) < 4.78 is 0. The summed E-state index contributed by atoms with van der Waals surface area (Å²) in [6, 6.07) is 12.3. The highest BCUT2D eigenvalue weighted by atomic mass is 16.2. The van der Waals surface area contributed by atoms with E-state index in [4.69, 9.17) is 0 Å². The van der Waals surface area contributed by atoms with Gasteiger partial charge >= 0.3 is 0 Å². The first-order valence-electron chi connectivity index (χ1n) is 7.06. The van der Waals surface area contributed by atoms with Crippen LogP contribution in [0.25, 0.3) is 0 Å². The largest absolute Gasteiger partial charge is 0.337 e. The van der Waals surface area contributed by atoms with Crippen molar-refractivity contribution in [3.8, 4) is 6.07 Å². The Labute approximate surface area is 120 Å². The van der Waals surface area contributed by atoms with Crippen molar-refractivity contribution in [1.29, 1.82) is 5.26 Å². The first kappa shape index (κ1) is 14.5. The van der Waals surface area contributed by atoms with Gasteiger partial charge in [0.2, 0.25) is 5.91 Å². The Balaban J connectivity index is 1.82. The Hall–Kier alpha value is -1.86. The molecule has 0 aliphatic heterocycles. The lowest BCUT2D eigenvalue weighted by atomic mass is 9.98. The molecule has 0 heterocycles. The van der Waals surface area contributed by atoms with Gasteiger partial charge in [0, 0.05) is 6.04 Å². The fraction of sp³-hybridized carbons (Fsp3) is 0.500. The third-order valence-electron chi connectivity index (χ3n) is 3.89. The molecule has 0 bridgehead atoms. The van der Waals surface area contributed by atoms with Gasteiger partial charge in [0.1, 0.15) is 5.54 Å². The predicted molar refractivity (Wildman–Crippen MR) is 77.7 cm³/mol. The number of nitrogens with one attached hydrogen (secondary N) is 2. The van der Waals surface area contributed by atoms with E-state index < -0.39 is 5.54 Å². The van der Waals surface area contributed by atoms with Gasteiger partial charge < -0.3 is 10.6 Å². The zero-order chi connectivity index (χ0) is 14.6. The van der Waals surface area contributed by atoms with E-state index in [-0.39, 0.29) is 18.5 Å². The Morgan fingerprint density at radius 1 is 1.45 bits per heavy atom. The second kappa shape index (κ2) is 6.06. The van der Waals surface area contributed by atoms with E-state index in [9.17, 15) is 10.1 Å². The van der Waals surface area contributed by atoms with E-state index >= 15 is 0 Å². The number of rotatable bonds is 6. The molecule has 0 aromatic heterocycles. The second-order valence-corrected chi connectivity index (χ2v) is 5.65. The van der Waals surface area contributed by atoms with Crippen molar-refractivity contribution in [3.63, 3.8) is 0 Å². The third-order valence-corrected chi connectivity index (χ3v) is 3.89. The van der Waals surface area contributed by atoms with Gasteiger partial charge in [-0.05, 0) is 38.2 Å². The van der Waals surface area contributed by atoms with Crippen molar-refractivity contribution >= 4 is 5.91 Å². The maximum Gasteiger partial charge on any atom is 0.235 e. The molecule has 0 spiro atoms. The molecule has 1 amide bonds. The van der Waals surface area contributed by atoms with Crippen molar-refractivity contribution in [2.24, 2.45) is 5.92 Å².